The van der Waals surface area contributed by atoms with E-state index in [2.05, 4.69) is 18.7 Å². The third-order valence-corrected chi connectivity index (χ3v) is 6.69. The normalized spacial score (nSPS) is 21.0. The number of aliphatic imine (C=N–C) groups is 1. The second kappa shape index (κ2) is 6.98. The third-order valence-electron chi connectivity index (χ3n) is 5.44. The number of aryl methyl sites for hydroxylation is 1. The Kier molecular flexibility index (Phi) is 5.09. The van der Waals surface area contributed by atoms with Gasteiger partial charge in [0.15, 0.2) is 5.17 Å². The molecular weight excluding hydrogens is 334 g/mol. The number of thioether (sulfide) groups is 1. The van der Waals surface area contributed by atoms with E-state index >= 15 is 0 Å². The van der Waals surface area contributed by atoms with Crippen molar-refractivity contribution in [1.29, 1.82) is 0 Å². The van der Waals surface area contributed by atoms with Gasteiger partial charge in [0, 0.05) is 18.4 Å². The van der Waals surface area contributed by atoms with Crippen LogP contribution in [0.25, 0.3) is 0 Å². The summed E-state index contributed by atoms with van der Waals surface area (Å²) in [5, 5.41) is 12.4. The van der Waals surface area contributed by atoms with Gasteiger partial charge in [0.25, 0.3) is 5.69 Å². The molecule has 1 aliphatic carbocycles. The Morgan fingerprint density at radius 2 is 2.00 bits per heavy atom. The molecule has 2 fully saturated rings. The molecule has 1 aromatic carbocycles. The van der Waals surface area contributed by atoms with Gasteiger partial charge in [-0.25, -0.2) is 4.99 Å². The molecule has 0 N–H and O–H groups in total. The van der Waals surface area contributed by atoms with Gasteiger partial charge in [-0.1, -0.05) is 44.5 Å². The fourth-order valence-electron chi connectivity index (χ4n) is 3.91. The van der Waals surface area contributed by atoms with Gasteiger partial charge in [0.2, 0.25) is 0 Å². The number of hydrogen-bond acceptors (Lipinski definition) is 4. The van der Waals surface area contributed by atoms with Gasteiger partial charge in [-0.3, -0.25) is 10.1 Å². The van der Waals surface area contributed by atoms with Gasteiger partial charge in [-0.2, -0.15) is 0 Å². The smallest absolute Gasteiger partial charge is 0.295 e. The van der Waals surface area contributed by atoms with Crippen LogP contribution in [0.15, 0.2) is 17.1 Å². The number of amidine groups is 1. The Morgan fingerprint density at radius 1 is 1.32 bits per heavy atom. The average molecular weight is 362 g/mol. The molecule has 1 heterocycles. The molecule has 136 valence electrons. The maximum atomic E-state index is 11.5. The first-order chi connectivity index (χ1) is 11.8. The Morgan fingerprint density at radius 3 is 2.60 bits per heavy atom. The molecule has 0 bridgehead atoms. The van der Waals surface area contributed by atoms with Gasteiger partial charge in [0.05, 0.1) is 10.5 Å². The summed E-state index contributed by atoms with van der Waals surface area (Å²) >= 11 is 1.77. The predicted molar refractivity (Wildman–Crippen MR) is 105 cm³/mol. The monoisotopic (exact) mass is 361 g/mol. The van der Waals surface area contributed by atoms with Crippen molar-refractivity contribution in [3.63, 3.8) is 0 Å². The summed E-state index contributed by atoms with van der Waals surface area (Å²) in [5.74, 6) is 1.59. The molecule has 1 aromatic rings. The first-order valence-corrected chi connectivity index (χ1v) is 10.1. The van der Waals surface area contributed by atoms with Crippen molar-refractivity contribution in [2.75, 3.05) is 12.3 Å². The average Bonchev–Trinajstić information content (AvgIpc) is 3.14. The summed E-state index contributed by atoms with van der Waals surface area (Å²) in [7, 11) is 0. The summed E-state index contributed by atoms with van der Waals surface area (Å²) in [5.41, 5.74) is 2.78. The topological polar surface area (TPSA) is 58.7 Å². The van der Waals surface area contributed by atoms with Crippen molar-refractivity contribution in [3.05, 3.63) is 33.4 Å². The SMILES string of the molecule is Cc1ccc([N+](=O)[O-])c(/N=C2\SCC3(CCCC3)N2CC(C)C)c1C. The molecule has 25 heavy (non-hydrogen) atoms. The summed E-state index contributed by atoms with van der Waals surface area (Å²) in [6.07, 6.45) is 4.96. The van der Waals surface area contributed by atoms with E-state index in [-0.39, 0.29) is 16.1 Å². The predicted octanol–water partition coefficient (Wildman–Crippen LogP) is 5.22. The van der Waals surface area contributed by atoms with Gasteiger partial charge in [-0.15, -0.1) is 0 Å². The highest BCUT2D eigenvalue weighted by molar-refractivity contribution is 8.14. The van der Waals surface area contributed by atoms with Crippen molar-refractivity contribution in [2.24, 2.45) is 10.9 Å². The molecule has 1 aliphatic heterocycles. The molecule has 1 saturated carbocycles. The van der Waals surface area contributed by atoms with Crippen LogP contribution in [0.4, 0.5) is 11.4 Å². The Labute approximate surface area is 154 Å². The lowest BCUT2D eigenvalue weighted by atomic mass is 9.97. The van der Waals surface area contributed by atoms with E-state index in [1.54, 1.807) is 17.8 Å². The molecule has 3 rings (SSSR count). The molecule has 6 heteroatoms. The largest absolute Gasteiger partial charge is 0.344 e. The lowest BCUT2D eigenvalue weighted by molar-refractivity contribution is -0.384. The summed E-state index contributed by atoms with van der Waals surface area (Å²) in [6.45, 7) is 9.33. The number of rotatable bonds is 4. The van der Waals surface area contributed by atoms with Crippen molar-refractivity contribution < 1.29 is 4.92 Å². The molecule has 0 unspecified atom stereocenters. The van der Waals surface area contributed by atoms with Gasteiger partial charge in [-0.05, 0) is 43.7 Å². The number of nitro benzene ring substituents is 1. The molecule has 0 atom stereocenters. The minimum atomic E-state index is -0.316. The van der Waals surface area contributed by atoms with E-state index in [4.69, 9.17) is 4.99 Å². The van der Waals surface area contributed by atoms with Crippen LogP contribution in [0.3, 0.4) is 0 Å². The third kappa shape index (κ3) is 3.41. The van der Waals surface area contributed by atoms with Crippen molar-refractivity contribution in [3.8, 4) is 0 Å². The van der Waals surface area contributed by atoms with E-state index in [0.717, 1.165) is 28.6 Å². The number of hydrogen-bond donors (Lipinski definition) is 0. The molecule has 2 aliphatic rings. The second-order valence-electron chi connectivity index (χ2n) is 7.75. The quantitative estimate of drug-likeness (QED) is 0.545. The minimum Gasteiger partial charge on any atom is -0.344 e. The standard InChI is InChI=1S/C19H27N3O2S/c1-13(2)11-21-18(25-12-19(21)9-5-6-10-19)20-17-15(4)14(3)7-8-16(17)22(23)24/h7-8,13H,5-6,9-12H2,1-4H3/b20-18-. The second-order valence-corrected chi connectivity index (χ2v) is 8.69. The lowest BCUT2D eigenvalue weighted by Gasteiger charge is -2.37. The fourth-order valence-corrected chi connectivity index (χ4v) is 5.33. The van der Waals surface area contributed by atoms with E-state index in [1.165, 1.54) is 25.7 Å². The van der Waals surface area contributed by atoms with Crippen LogP contribution in [0.1, 0.15) is 50.7 Å². The maximum absolute atomic E-state index is 11.5. The zero-order valence-corrected chi connectivity index (χ0v) is 16.4. The Hall–Kier alpha value is -1.56. The maximum Gasteiger partial charge on any atom is 0.295 e. The van der Waals surface area contributed by atoms with Crippen LogP contribution < -0.4 is 0 Å². The van der Waals surface area contributed by atoms with E-state index in [9.17, 15) is 10.1 Å². The van der Waals surface area contributed by atoms with Gasteiger partial charge >= 0.3 is 0 Å². The van der Waals surface area contributed by atoms with Crippen LogP contribution in [0.2, 0.25) is 0 Å². The zero-order valence-electron chi connectivity index (χ0n) is 15.5. The summed E-state index contributed by atoms with van der Waals surface area (Å²) in [6, 6.07) is 3.39. The highest BCUT2D eigenvalue weighted by Crippen LogP contribution is 2.46. The summed E-state index contributed by atoms with van der Waals surface area (Å²) in [4.78, 5) is 18.5. The first-order valence-electron chi connectivity index (χ1n) is 9.08. The summed E-state index contributed by atoms with van der Waals surface area (Å²) < 4.78 is 0. The molecule has 1 saturated heterocycles. The van der Waals surface area contributed by atoms with Crippen molar-refractivity contribution >= 4 is 28.3 Å². The van der Waals surface area contributed by atoms with E-state index in [1.807, 2.05) is 19.9 Å². The molecule has 0 amide bonds. The van der Waals surface area contributed by atoms with E-state index < -0.39 is 0 Å². The van der Waals surface area contributed by atoms with Crippen LogP contribution in [0.5, 0.6) is 0 Å². The van der Waals surface area contributed by atoms with Gasteiger partial charge < -0.3 is 4.90 Å². The zero-order chi connectivity index (χ0) is 18.2. The first kappa shape index (κ1) is 18.2. The highest BCUT2D eigenvalue weighted by atomic mass is 32.2. The fraction of sp³-hybridized carbons (Fsp3) is 0.632. The van der Waals surface area contributed by atoms with E-state index in [0.29, 0.717) is 11.6 Å². The minimum absolute atomic E-state index is 0.105. The van der Waals surface area contributed by atoms with Crippen LogP contribution in [0, 0.1) is 29.9 Å². The van der Waals surface area contributed by atoms with Crippen molar-refractivity contribution in [2.45, 2.75) is 58.9 Å². The number of nitrogens with zero attached hydrogens (tertiary/aromatic N) is 3. The lowest BCUT2D eigenvalue weighted by Crippen LogP contribution is -2.47. The van der Waals surface area contributed by atoms with Crippen LogP contribution in [-0.4, -0.2) is 32.8 Å². The van der Waals surface area contributed by atoms with Crippen LogP contribution >= 0.6 is 11.8 Å². The molecule has 0 radical (unpaired) electrons. The number of benzene rings is 1. The van der Waals surface area contributed by atoms with Crippen LogP contribution in [-0.2, 0) is 0 Å². The molecule has 0 aromatic heterocycles. The number of nitro groups is 1. The van der Waals surface area contributed by atoms with Crippen molar-refractivity contribution in [1.82, 2.24) is 4.90 Å². The van der Waals surface area contributed by atoms with Gasteiger partial charge in [0.1, 0.15) is 5.69 Å². The molecule has 1 spiro atoms. The Bertz CT molecular complexity index is 709. The highest BCUT2D eigenvalue weighted by Gasteiger charge is 2.46. The molecule has 5 nitrogen and oxygen atoms in total. The molecular formula is C19H27N3O2S. The Balaban J connectivity index is 2.05.